The molecule has 0 aliphatic carbocycles. The molecule has 7 aromatic carbocycles. The number of benzene rings is 7. The Labute approximate surface area is 275 Å². The van der Waals surface area contributed by atoms with Crippen LogP contribution in [0, 0.1) is 0 Å². The average molecular weight is 561 g/mol. The second kappa shape index (κ2) is 8.95. The standard InChI is InChI=1S/C40H24O2/c1-3-13-25(14-4-1)36-24-34-39-32(27-17-11-12-22-35(27)41-39)23-33(40(34)42-36)38-30-20-9-7-18-28(30)37(26-15-5-2-6-16-26)29-19-8-10-21-31(29)38/h1-24H/i1D,2D,3D,4D,5D,6D,7D,8D,9D,10D,11D,12D,13D,14D,15D,16D,17D,18D,19D,20D,21D,22D,23D,24D. The fourth-order valence-electron chi connectivity index (χ4n) is 5.14. The summed E-state index contributed by atoms with van der Waals surface area (Å²) in [6, 6.07) is -21.0. The maximum atomic E-state index is 9.96. The third kappa shape index (κ3) is 3.33. The van der Waals surface area contributed by atoms with Crippen LogP contribution in [0.15, 0.2) is 154 Å². The number of rotatable bonds is 3. The van der Waals surface area contributed by atoms with E-state index in [1.165, 1.54) is 0 Å². The largest absolute Gasteiger partial charge is 0.455 e. The molecule has 42 heavy (non-hydrogen) atoms. The van der Waals surface area contributed by atoms with Gasteiger partial charge in [-0.05, 0) is 50.8 Å². The monoisotopic (exact) mass is 560 g/mol. The van der Waals surface area contributed by atoms with Gasteiger partial charge in [0.1, 0.15) is 22.5 Å². The summed E-state index contributed by atoms with van der Waals surface area (Å²) in [6.07, 6.45) is 0. The molecule has 0 fully saturated rings. The molecule has 0 unspecified atom stereocenters. The Morgan fingerprint density at radius 1 is 0.381 bits per heavy atom. The van der Waals surface area contributed by atoms with E-state index < -0.39 is 233 Å². The van der Waals surface area contributed by atoms with E-state index in [1.807, 2.05) is 0 Å². The van der Waals surface area contributed by atoms with Crippen molar-refractivity contribution in [3.8, 4) is 33.6 Å². The fraction of sp³-hybridized carbons (Fsp3) is 0. The molecule has 0 atom stereocenters. The summed E-state index contributed by atoms with van der Waals surface area (Å²) in [5.74, 6) is -0.747. The van der Waals surface area contributed by atoms with Crippen molar-refractivity contribution < 1.29 is 41.7 Å². The second-order valence-corrected chi connectivity index (χ2v) is 9.02. The van der Waals surface area contributed by atoms with Gasteiger partial charge in [0.05, 0.1) is 38.3 Å². The quantitative estimate of drug-likeness (QED) is 0.201. The van der Waals surface area contributed by atoms with Crippen molar-refractivity contribution in [2.45, 2.75) is 0 Å². The lowest BCUT2D eigenvalue weighted by Gasteiger charge is -2.18. The highest BCUT2D eigenvalue weighted by Crippen LogP contribution is 2.48. The van der Waals surface area contributed by atoms with Crippen LogP contribution in [-0.2, 0) is 0 Å². The minimum Gasteiger partial charge on any atom is -0.455 e. The van der Waals surface area contributed by atoms with Crippen LogP contribution in [0.4, 0.5) is 0 Å². The zero-order chi connectivity index (χ0) is 48.5. The van der Waals surface area contributed by atoms with Gasteiger partial charge in [-0.2, -0.15) is 0 Å². The molecule has 2 aromatic heterocycles. The molecule has 0 bridgehead atoms. The fourth-order valence-corrected chi connectivity index (χ4v) is 5.14. The second-order valence-electron chi connectivity index (χ2n) is 9.02. The van der Waals surface area contributed by atoms with Gasteiger partial charge >= 0.3 is 0 Å². The van der Waals surface area contributed by atoms with Crippen LogP contribution in [-0.4, -0.2) is 0 Å². The van der Waals surface area contributed by atoms with Gasteiger partial charge in [0, 0.05) is 27.5 Å². The summed E-state index contributed by atoms with van der Waals surface area (Å²) >= 11 is 0. The Kier molecular flexibility index (Phi) is 2.08. The van der Waals surface area contributed by atoms with Gasteiger partial charge in [0.25, 0.3) is 0 Å². The van der Waals surface area contributed by atoms with Crippen LogP contribution in [0.5, 0.6) is 0 Å². The lowest BCUT2D eigenvalue weighted by Crippen LogP contribution is -1.91. The van der Waals surface area contributed by atoms with Crippen molar-refractivity contribution in [2.75, 3.05) is 0 Å². The molecular formula is C40H24O2. The van der Waals surface area contributed by atoms with Gasteiger partial charge in [0.2, 0.25) is 0 Å². The summed E-state index contributed by atoms with van der Waals surface area (Å²) < 4.78 is 225. The Morgan fingerprint density at radius 2 is 0.905 bits per heavy atom. The molecule has 9 aromatic rings. The van der Waals surface area contributed by atoms with Gasteiger partial charge in [-0.15, -0.1) is 0 Å². The van der Waals surface area contributed by atoms with E-state index in [0.717, 1.165) is 0 Å². The summed E-state index contributed by atoms with van der Waals surface area (Å²) in [6.45, 7) is 0. The van der Waals surface area contributed by atoms with Crippen molar-refractivity contribution in [3.05, 3.63) is 145 Å². The molecule has 0 saturated carbocycles. The van der Waals surface area contributed by atoms with Crippen molar-refractivity contribution in [1.82, 2.24) is 0 Å². The minimum absolute atomic E-state index is 0.442. The number of hydrogen-bond donors (Lipinski definition) is 0. The third-order valence-electron chi connectivity index (χ3n) is 6.81. The molecule has 9 rings (SSSR count). The molecule has 2 nitrogen and oxygen atoms in total. The van der Waals surface area contributed by atoms with Crippen LogP contribution in [0.2, 0.25) is 0 Å². The summed E-state index contributed by atoms with van der Waals surface area (Å²) in [5.41, 5.74) is -5.09. The minimum atomic E-state index is -0.951. The van der Waals surface area contributed by atoms with Crippen LogP contribution in [0.3, 0.4) is 0 Å². The first-order valence-corrected chi connectivity index (χ1v) is 12.3. The molecule has 2 heterocycles. The molecule has 0 radical (unpaired) electrons. The van der Waals surface area contributed by atoms with Gasteiger partial charge in [0.15, 0.2) is 0 Å². The molecule has 0 amide bonds. The summed E-state index contributed by atoms with van der Waals surface area (Å²) in [5, 5.41) is -4.10. The molecule has 196 valence electrons. The maximum Gasteiger partial charge on any atom is 0.146 e. The van der Waals surface area contributed by atoms with Crippen LogP contribution >= 0.6 is 0 Å². The zero-order valence-corrected chi connectivity index (χ0v) is 20.8. The summed E-state index contributed by atoms with van der Waals surface area (Å²) in [7, 11) is 0. The van der Waals surface area contributed by atoms with E-state index in [0.29, 0.717) is 0 Å². The Morgan fingerprint density at radius 3 is 1.55 bits per heavy atom. The lowest BCUT2D eigenvalue weighted by molar-refractivity contribution is 0.632. The van der Waals surface area contributed by atoms with Crippen molar-refractivity contribution >= 4 is 54.5 Å². The zero-order valence-electron chi connectivity index (χ0n) is 44.8. The average Bonchev–Trinajstić information content (AvgIpc) is 3.85. The van der Waals surface area contributed by atoms with Crippen molar-refractivity contribution in [2.24, 2.45) is 0 Å². The van der Waals surface area contributed by atoms with E-state index in [2.05, 4.69) is 0 Å². The highest BCUT2D eigenvalue weighted by Gasteiger charge is 2.23. The Hall–Kier alpha value is -5.60. The van der Waals surface area contributed by atoms with Gasteiger partial charge in [-0.1, -0.05) is 127 Å². The highest BCUT2D eigenvalue weighted by atomic mass is 16.3. The SMILES string of the molecule is [2H]c1c([2H])c([2H])c(-c2oc3c(-c4c5c([2H])c([2H])c([2H])c([2H])c5c(-c5c([2H])c([2H])c([2H])c([2H])c5[2H])c5c([2H])c([2H])c([2H])c([2H])c45)c([2H])c4c(oc5c([2H])c([2H])c([2H])c([2H])c54)c3c2[2H])c([2H])c1[2H]. The first kappa shape index (κ1) is 9.75. The first-order valence-electron chi connectivity index (χ1n) is 24.3. The van der Waals surface area contributed by atoms with E-state index in [-0.39, 0.29) is 0 Å². The van der Waals surface area contributed by atoms with E-state index in [9.17, 15) is 8.22 Å². The molecule has 0 aliphatic heterocycles. The normalized spacial score (nSPS) is 19.8. The molecular weight excluding hydrogens is 512 g/mol. The molecule has 0 saturated heterocycles. The smallest absolute Gasteiger partial charge is 0.146 e. The number of furan rings is 2. The van der Waals surface area contributed by atoms with Gasteiger partial charge < -0.3 is 8.83 Å². The number of fused-ring (bicyclic) bond motifs is 7. The predicted octanol–water partition coefficient (Wildman–Crippen LogP) is 11.6. The van der Waals surface area contributed by atoms with Gasteiger partial charge in [-0.3, -0.25) is 0 Å². The van der Waals surface area contributed by atoms with E-state index >= 15 is 0 Å². The van der Waals surface area contributed by atoms with Gasteiger partial charge in [-0.25, -0.2) is 0 Å². The maximum absolute atomic E-state index is 9.96. The number of hydrogen-bond acceptors (Lipinski definition) is 2. The predicted molar refractivity (Wildman–Crippen MR) is 175 cm³/mol. The third-order valence-corrected chi connectivity index (χ3v) is 6.81. The lowest BCUT2D eigenvalue weighted by atomic mass is 9.85. The molecule has 0 N–H and O–H groups in total. The summed E-state index contributed by atoms with van der Waals surface area (Å²) in [4.78, 5) is 0. The molecule has 0 aliphatic rings. The topological polar surface area (TPSA) is 26.3 Å². The first-order chi connectivity index (χ1) is 30.8. The van der Waals surface area contributed by atoms with E-state index in [1.54, 1.807) is 0 Å². The van der Waals surface area contributed by atoms with Crippen molar-refractivity contribution in [1.29, 1.82) is 0 Å². The molecule has 2 heteroatoms. The van der Waals surface area contributed by atoms with Crippen LogP contribution < -0.4 is 0 Å². The Balaban J connectivity index is 1.69. The van der Waals surface area contributed by atoms with Crippen LogP contribution in [0.25, 0.3) is 88.0 Å². The van der Waals surface area contributed by atoms with Crippen LogP contribution in [0.1, 0.15) is 32.9 Å². The van der Waals surface area contributed by atoms with E-state index in [4.69, 9.17) is 33.5 Å². The van der Waals surface area contributed by atoms with Crippen molar-refractivity contribution in [3.63, 3.8) is 0 Å². The Bertz CT molecular complexity index is 3670. The number of para-hydroxylation sites is 1. The highest BCUT2D eigenvalue weighted by molar-refractivity contribution is 6.26. The molecule has 0 spiro atoms.